The first kappa shape index (κ1) is 10.7. The molecule has 88 valence electrons. The Labute approximate surface area is 104 Å². The van der Waals surface area contributed by atoms with Crippen molar-refractivity contribution in [1.82, 2.24) is 0 Å². The third kappa shape index (κ3) is 1.71. The third-order valence-electron chi connectivity index (χ3n) is 3.08. The molecular weight excluding hydrogens is 226 g/mol. The van der Waals surface area contributed by atoms with Gasteiger partial charge in [-0.3, -0.25) is 15.5 Å². The van der Waals surface area contributed by atoms with Crippen molar-refractivity contribution in [3.8, 4) is 0 Å². The number of fused-ring (bicyclic) bond motifs is 2. The molecule has 3 nitrogen and oxygen atoms in total. The lowest BCUT2D eigenvalue weighted by Gasteiger charge is -2.05. The molecule has 0 unspecified atom stereocenters. The zero-order chi connectivity index (χ0) is 12.5. The van der Waals surface area contributed by atoms with E-state index >= 15 is 0 Å². The molecule has 0 saturated carbocycles. The SMILES string of the molecule is O=Cc1ccc2cc3cc(NO)ccc3cc2c1. The Morgan fingerprint density at radius 3 is 2.17 bits per heavy atom. The fraction of sp³-hybridized carbons (Fsp3) is 0. The van der Waals surface area contributed by atoms with Crippen molar-refractivity contribution in [1.29, 1.82) is 0 Å². The summed E-state index contributed by atoms with van der Waals surface area (Å²) in [6.07, 6.45) is 0.850. The molecule has 0 atom stereocenters. The van der Waals surface area contributed by atoms with Gasteiger partial charge in [0.2, 0.25) is 0 Å². The van der Waals surface area contributed by atoms with Gasteiger partial charge in [0.15, 0.2) is 0 Å². The van der Waals surface area contributed by atoms with Gasteiger partial charge in [0.05, 0.1) is 5.69 Å². The van der Waals surface area contributed by atoms with Gasteiger partial charge in [-0.2, -0.15) is 0 Å². The molecular formula is C15H11NO2. The minimum atomic E-state index is 0.659. The summed E-state index contributed by atoms with van der Waals surface area (Å²) < 4.78 is 0. The first-order valence-corrected chi connectivity index (χ1v) is 5.63. The molecule has 0 amide bonds. The standard InChI is InChI=1S/C15H11NO2/c17-9-10-1-2-11-7-14-8-15(16-18)4-3-12(14)6-13(11)5-10/h1-9,16,18H. The topological polar surface area (TPSA) is 49.3 Å². The van der Waals surface area contributed by atoms with Crippen molar-refractivity contribution in [2.45, 2.75) is 0 Å². The monoisotopic (exact) mass is 237 g/mol. The third-order valence-corrected chi connectivity index (χ3v) is 3.08. The molecule has 3 aromatic carbocycles. The quantitative estimate of drug-likeness (QED) is 0.406. The molecule has 3 rings (SSSR count). The molecule has 3 heteroatoms. The molecule has 0 radical (unpaired) electrons. The predicted molar refractivity (Wildman–Crippen MR) is 72.3 cm³/mol. The number of carbonyl (C=O) groups is 1. The van der Waals surface area contributed by atoms with E-state index in [1.807, 2.05) is 36.4 Å². The molecule has 3 aromatic rings. The Morgan fingerprint density at radius 2 is 1.50 bits per heavy atom. The summed E-state index contributed by atoms with van der Waals surface area (Å²) in [4.78, 5) is 10.8. The lowest BCUT2D eigenvalue weighted by Crippen LogP contribution is -1.88. The van der Waals surface area contributed by atoms with Crippen molar-refractivity contribution in [2.75, 3.05) is 5.48 Å². The van der Waals surface area contributed by atoms with E-state index in [0.29, 0.717) is 11.3 Å². The van der Waals surface area contributed by atoms with Gasteiger partial charge in [0.25, 0.3) is 0 Å². The number of rotatable bonds is 2. The van der Waals surface area contributed by atoms with Crippen molar-refractivity contribution in [2.24, 2.45) is 0 Å². The van der Waals surface area contributed by atoms with Crippen LogP contribution in [0.5, 0.6) is 0 Å². The highest BCUT2D eigenvalue weighted by Gasteiger charge is 2.00. The van der Waals surface area contributed by atoms with Crippen LogP contribution in [0.15, 0.2) is 48.5 Å². The Hall–Kier alpha value is -2.39. The minimum Gasteiger partial charge on any atom is -0.298 e. The van der Waals surface area contributed by atoms with Gasteiger partial charge in [-0.15, -0.1) is 0 Å². The van der Waals surface area contributed by atoms with E-state index in [0.717, 1.165) is 27.8 Å². The van der Waals surface area contributed by atoms with Crippen LogP contribution in [0.3, 0.4) is 0 Å². The van der Waals surface area contributed by atoms with Gasteiger partial charge in [-0.1, -0.05) is 18.2 Å². The van der Waals surface area contributed by atoms with E-state index in [1.165, 1.54) is 0 Å². The number of nitrogens with one attached hydrogen (secondary N) is 1. The van der Waals surface area contributed by atoms with Crippen molar-refractivity contribution < 1.29 is 10.0 Å². The van der Waals surface area contributed by atoms with E-state index in [9.17, 15) is 4.79 Å². The summed E-state index contributed by atoms with van der Waals surface area (Å²) in [5.74, 6) is 0. The molecule has 0 aliphatic carbocycles. The molecule has 0 fully saturated rings. The number of anilines is 1. The first-order chi connectivity index (χ1) is 8.80. The summed E-state index contributed by atoms with van der Waals surface area (Å²) in [6.45, 7) is 0. The van der Waals surface area contributed by atoms with Gasteiger partial charge in [0, 0.05) is 5.56 Å². The average molecular weight is 237 g/mol. The predicted octanol–water partition coefficient (Wildman–Crippen LogP) is 3.61. The minimum absolute atomic E-state index is 0.659. The molecule has 0 aromatic heterocycles. The van der Waals surface area contributed by atoms with Gasteiger partial charge < -0.3 is 0 Å². The maximum atomic E-state index is 10.8. The van der Waals surface area contributed by atoms with Gasteiger partial charge in [0.1, 0.15) is 6.29 Å². The molecule has 0 aliphatic heterocycles. The number of benzene rings is 3. The van der Waals surface area contributed by atoms with Gasteiger partial charge in [-0.25, -0.2) is 0 Å². The Bertz CT molecular complexity index is 750. The fourth-order valence-corrected chi connectivity index (χ4v) is 2.16. The maximum absolute atomic E-state index is 10.8. The summed E-state index contributed by atoms with van der Waals surface area (Å²) in [5.41, 5.74) is 3.47. The van der Waals surface area contributed by atoms with Crippen LogP contribution in [0.25, 0.3) is 21.5 Å². The van der Waals surface area contributed by atoms with E-state index in [1.54, 1.807) is 12.1 Å². The lowest BCUT2D eigenvalue weighted by atomic mass is 10.0. The van der Waals surface area contributed by atoms with Crippen LogP contribution in [-0.2, 0) is 0 Å². The van der Waals surface area contributed by atoms with Crippen LogP contribution in [0, 0.1) is 0 Å². The molecule has 18 heavy (non-hydrogen) atoms. The largest absolute Gasteiger partial charge is 0.298 e. The number of aldehydes is 1. The van der Waals surface area contributed by atoms with Crippen LogP contribution >= 0.6 is 0 Å². The number of hydrogen-bond donors (Lipinski definition) is 2. The highest BCUT2D eigenvalue weighted by Crippen LogP contribution is 2.25. The second kappa shape index (κ2) is 4.13. The van der Waals surface area contributed by atoms with E-state index in [2.05, 4.69) is 5.48 Å². The first-order valence-electron chi connectivity index (χ1n) is 5.63. The summed E-state index contributed by atoms with van der Waals surface area (Å²) >= 11 is 0. The van der Waals surface area contributed by atoms with Crippen LogP contribution < -0.4 is 5.48 Å². The van der Waals surface area contributed by atoms with Crippen LogP contribution in [0.1, 0.15) is 10.4 Å². The summed E-state index contributed by atoms with van der Waals surface area (Å²) in [5, 5.41) is 13.1. The Kier molecular flexibility index (Phi) is 2.46. The fourth-order valence-electron chi connectivity index (χ4n) is 2.16. The van der Waals surface area contributed by atoms with E-state index in [-0.39, 0.29) is 0 Å². The lowest BCUT2D eigenvalue weighted by molar-refractivity contribution is 0.112. The average Bonchev–Trinajstić information content (AvgIpc) is 2.43. The zero-order valence-electron chi connectivity index (χ0n) is 9.55. The number of carbonyl (C=O) groups excluding carboxylic acids is 1. The Morgan fingerprint density at radius 1 is 0.833 bits per heavy atom. The zero-order valence-corrected chi connectivity index (χ0v) is 9.55. The van der Waals surface area contributed by atoms with Gasteiger partial charge >= 0.3 is 0 Å². The van der Waals surface area contributed by atoms with Crippen LogP contribution in [0.2, 0.25) is 0 Å². The van der Waals surface area contributed by atoms with E-state index < -0.39 is 0 Å². The normalized spacial score (nSPS) is 10.7. The molecule has 0 bridgehead atoms. The summed E-state index contributed by atoms with van der Waals surface area (Å²) in [6, 6.07) is 15.3. The molecule has 0 aliphatic rings. The second-order valence-corrected chi connectivity index (χ2v) is 4.25. The Balaban J connectivity index is 2.31. The molecule has 0 spiro atoms. The van der Waals surface area contributed by atoms with Crippen LogP contribution in [0.4, 0.5) is 5.69 Å². The molecule has 0 heterocycles. The second-order valence-electron chi connectivity index (χ2n) is 4.25. The highest BCUT2D eigenvalue weighted by molar-refractivity contribution is 6.00. The van der Waals surface area contributed by atoms with Crippen molar-refractivity contribution in [3.63, 3.8) is 0 Å². The smallest absolute Gasteiger partial charge is 0.150 e. The highest BCUT2D eigenvalue weighted by atomic mass is 16.5. The van der Waals surface area contributed by atoms with E-state index in [4.69, 9.17) is 5.21 Å². The van der Waals surface area contributed by atoms with Crippen molar-refractivity contribution >= 4 is 33.5 Å². The summed E-state index contributed by atoms with van der Waals surface area (Å²) in [7, 11) is 0. The number of hydrogen-bond acceptors (Lipinski definition) is 3. The molecule has 0 saturated heterocycles. The maximum Gasteiger partial charge on any atom is 0.150 e. The van der Waals surface area contributed by atoms with Crippen molar-refractivity contribution in [3.05, 3.63) is 54.1 Å². The van der Waals surface area contributed by atoms with Gasteiger partial charge in [-0.05, 0) is 51.9 Å². The molecule has 2 N–H and O–H groups in total. The van der Waals surface area contributed by atoms with Crippen LogP contribution in [-0.4, -0.2) is 11.5 Å².